The Morgan fingerprint density at radius 3 is 2.81 bits per heavy atom. The molecule has 6 nitrogen and oxygen atoms in total. The third-order valence-electron chi connectivity index (χ3n) is 2.99. The van der Waals surface area contributed by atoms with Crippen molar-refractivity contribution in [3.63, 3.8) is 0 Å². The fourth-order valence-electron chi connectivity index (χ4n) is 1.94. The number of sulfonamides is 1. The molecule has 0 aromatic carbocycles. The first kappa shape index (κ1) is 16.0. The van der Waals surface area contributed by atoms with Crippen LogP contribution in [0, 0.1) is 0 Å². The average molecular weight is 325 g/mol. The number of nitrogens with zero attached hydrogens (tertiary/aromatic N) is 3. The van der Waals surface area contributed by atoms with Gasteiger partial charge in [-0.05, 0) is 6.42 Å². The summed E-state index contributed by atoms with van der Waals surface area (Å²) in [5.41, 5.74) is 0. The van der Waals surface area contributed by atoms with E-state index in [2.05, 4.69) is 9.97 Å². The highest BCUT2D eigenvalue weighted by Gasteiger charge is 2.36. The van der Waals surface area contributed by atoms with Crippen LogP contribution in [0.25, 0.3) is 0 Å². The largest absolute Gasteiger partial charge is 0.473 e. The van der Waals surface area contributed by atoms with Crippen LogP contribution in [0.15, 0.2) is 18.6 Å². The van der Waals surface area contributed by atoms with Crippen molar-refractivity contribution in [1.29, 1.82) is 0 Å². The van der Waals surface area contributed by atoms with Crippen molar-refractivity contribution >= 4 is 10.0 Å². The molecule has 2 heterocycles. The van der Waals surface area contributed by atoms with Gasteiger partial charge in [0.25, 0.3) is 0 Å². The zero-order chi connectivity index (χ0) is 15.5. The maximum atomic E-state index is 12.1. The van der Waals surface area contributed by atoms with E-state index in [4.69, 9.17) is 4.74 Å². The second-order valence-electron chi connectivity index (χ2n) is 4.62. The van der Waals surface area contributed by atoms with E-state index in [1.807, 2.05) is 0 Å². The van der Waals surface area contributed by atoms with Crippen LogP contribution >= 0.6 is 0 Å². The van der Waals surface area contributed by atoms with Crippen LogP contribution in [0.4, 0.5) is 13.2 Å². The number of aromatic nitrogens is 2. The Hall–Kier alpha value is -1.42. The number of hydrogen-bond acceptors (Lipinski definition) is 5. The van der Waals surface area contributed by atoms with E-state index in [1.165, 1.54) is 18.6 Å². The van der Waals surface area contributed by atoms with Crippen LogP contribution in [0.2, 0.25) is 0 Å². The Kier molecular flexibility index (Phi) is 4.67. The van der Waals surface area contributed by atoms with Gasteiger partial charge in [0.1, 0.15) is 12.4 Å². The Bertz CT molecular complexity index is 565. The molecule has 118 valence electrons. The summed E-state index contributed by atoms with van der Waals surface area (Å²) in [4.78, 5) is 7.57. The van der Waals surface area contributed by atoms with Crippen LogP contribution in [0.3, 0.4) is 0 Å². The second kappa shape index (κ2) is 6.14. The summed E-state index contributed by atoms with van der Waals surface area (Å²) in [6.45, 7) is 0.181. The number of halogens is 3. The second-order valence-corrected chi connectivity index (χ2v) is 6.70. The molecule has 0 radical (unpaired) electrons. The number of ether oxygens (including phenoxy) is 1. The van der Waals surface area contributed by atoms with Crippen molar-refractivity contribution in [2.24, 2.45) is 0 Å². The molecule has 0 N–H and O–H groups in total. The molecule has 1 aliphatic rings. The van der Waals surface area contributed by atoms with Crippen LogP contribution in [0.1, 0.15) is 12.8 Å². The third kappa shape index (κ3) is 4.81. The molecule has 1 aromatic heterocycles. The van der Waals surface area contributed by atoms with Crippen molar-refractivity contribution in [3.8, 4) is 5.88 Å². The highest BCUT2D eigenvalue weighted by molar-refractivity contribution is 7.89. The van der Waals surface area contributed by atoms with Crippen molar-refractivity contribution in [2.75, 3.05) is 18.8 Å². The van der Waals surface area contributed by atoms with Gasteiger partial charge in [0.05, 0.1) is 18.7 Å². The lowest BCUT2D eigenvalue weighted by Crippen LogP contribution is -2.34. The monoisotopic (exact) mass is 325 g/mol. The zero-order valence-electron chi connectivity index (χ0n) is 11.0. The minimum absolute atomic E-state index is 0.0319. The van der Waals surface area contributed by atoms with Gasteiger partial charge in [0.2, 0.25) is 15.9 Å². The summed E-state index contributed by atoms with van der Waals surface area (Å²) in [7, 11) is -3.92. The Balaban J connectivity index is 1.89. The van der Waals surface area contributed by atoms with Gasteiger partial charge >= 0.3 is 6.18 Å². The van der Waals surface area contributed by atoms with Gasteiger partial charge in [0.15, 0.2) is 0 Å². The Labute approximate surface area is 120 Å². The molecular formula is C11H14F3N3O3S. The average Bonchev–Trinajstić information content (AvgIpc) is 2.86. The SMILES string of the molecule is O=S(=O)(CCC(F)(F)F)N1CCC(Oc2ccncn2)C1. The molecule has 1 aromatic rings. The van der Waals surface area contributed by atoms with Crippen molar-refractivity contribution < 1.29 is 26.3 Å². The minimum atomic E-state index is -4.48. The van der Waals surface area contributed by atoms with E-state index >= 15 is 0 Å². The lowest BCUT2D eigenvalue weighted by Gasteiger charge is -2.17. The predicted molar refractivity (Wildman–Crippen MR) is 67.1 cm³/mol. The third-order valence-corrected chi connectivity index (χ3v) is 4.83. The molecule has 21 heavy (non-hydrogen) atoms. The molecule has 0 saturated carbocycles. The fourth-order valence-corrected chi connectivity index (χ4v) is 3.46. The molecule has 1 fully saturated rings. The zero-order valence-corrected chi connectivity index (χ0v) is 11.8. The first-order valence-corrected chi connectivity index (χ1v) is 7.84. The van der Waals surface area contributed by atoms with Crippen LogP contribution in [0.5, 0.6) is 5.88 Å². The number of alkyl halides is 3. The fraction of sp³-hybridized carbons (Fsp3) is 0.636. The first-order valence-electron chi connectivity index (χ1n) is 6.23. The van der Waals surface area contributed by atoms with Crippen molar-refractivity contribution in [3.05, 3.63) is 18.6 Å². The van der Waals surface area contributed by atoms with E-state index in [1.54, 1.807) is 0 Å². The van der Waals surface area contributed by atoms with Crippen LogP contribution in [-0.2, 0) is 10.0 Å². The van der Waals surface area contributed by atoms with Gasteiger partial charge in [-0.2, -0.15) is 17.5 Å². The van der Waals surface area contributed by atoms with Gasteiger partial charge in [-0.3, -0.25) is 0 Å². The van der Waals surface area contributed by atoms with Gasteiger partial charge in [-0.1, -0.05) is 0 Å². The Morgan fingerprint density at radius 2 is 2.19 bits per heavy atom. The molecule has 0 aliphatic carbocycles. The first-order chi connectivity index (χ1) is 9.76. The summed E-state index contributed by atoms with van der Waals surface area (Å²) in [5, 5.41) is 0. The lowest BCUT2D eigenvalue weighted by atomic mass is 10.3. The maximum Gasteiger partial charge on any atom is 0.390 e. The van der Waals surface area contributed by atoms with Crippen molar-refractivity contribution in [1.82, 2.24) is 14.3 Å². The number of rotatable bonds is 5. The smallest absolute Gasteiger partial charge is 0.390 e. The summed E-state index contributed by atoms with van der Waals surface area (Å²) in [6.07, 6.45) is -3.06. The lowest BCUT2D eigenvalue weighted by molar-refractivity contribution is -0.130. The summed E-state index contributed by atoms with van der Waals surface area (Å²) in [5.74, 6) is -0.624. The highest BCUT2D eigenvalue weighted by Crippen LogP contribution is 2.23. The molecule has 1 saturated heterocycles. The molecule has 0 bridgehead atoms. The molecule has 1 unspecified atom stereocenters. The molecule has 0 spiro atoms. The molecule has 10 heteroatoms. The topological polar surface area (TPSA) is 72.4 Å². The van der Waals surface area contributed by atoms with E-state index in [-0.39, 0.29) is 13.1 Å². The van der Waals surface area contributed by atoms with Crippen LogP contribution in [-0.4, -0.2) is 53.8 Å². The molecule has 1 aliphatic heterocycles. The minimum Gasteiger partial charge on any atom is -0.473 e. The van der Waals surface area contributed by atoms with E-state index in [9.17, 15) is 21.6 Å². The van der Waals surface area contributed by atoms with Crippen LogP contribution < -0.4 is 4.74 Å². The van der Waals surface area contributed by atoms with E-state index in [0.717, 1.165) is 4.31 Å². The summed E-state index contributed by atoms with van der Waals surface area (Å²) < 4.78 is 66.5. The predicted octanol–water partition coefficient (Wildman–Crippen LogP) is 1.21. The van der Waals surface area contributed by atoms with Gasteiger partial charge in [0, 0.05) is 18.8 Å². The maximum absolute atomic E-state index is 12.1. The summed E-state index contributed by atoms with van der Waals surface area (Å²) in [6, 6.07) is 1.53. The molecule has 0 amide bonds. The molecular weight excluding hydrogens is 311 g/mol. The van der Waals surface area contributed by atoms with Gasteiger partial charge < -0.3 is 4.74 Å². The van der Waals surface area contributed by atoms with Gasteiger partial charge in [-0.15, -0.1) is 0 Å². The standard InChI is InChI=1S/C11H14F3N3O3S/c12-11(13,14)3-6-21(18,19)17-5-2-9(7-17)20-10-1-4-15-8-16-10/h1,4,8-9H,2-3,5-7H2. The highest BCUT2D eigenvalue weighted by atomic mass is 32.2. The molecule has 2 rings (SSSR count). The van der Waals surface area contributed by atoms with Crippen molar-refractivity contribution in [2.45, 2.75) is 25.1 Å². The van der Waals surface area contributed by atoms with Gasteiger partial charge in [-0.25, -0.2) is 18.4 Å². The quantitative estimate of drug-likeness (QED) is 0.814. The number of hydrogen-bond donors (Lipinski definition) is 0. The Morgan fingerprint density at radius 1 is 1.43 bits per heavy atom. The summed E-state index contributed by atoms with van der Waals surface area (Å²) >= 11 is 0. The van der Waals surface area contributed by atoms with E-state index < -0.39 is 34.5 Å². The van der Waals surface area contributed by atoms with E-state index in [0.29, 0.717) is 12.3 Å². The molecule has 1 atom stereocenters. The normalized spacial score (nSPS) is 20.6.